The average molecular weight is 319 g/mol. The molecule has 1 N–H and O–H groups in total. The molecule has 1 aromatic rings. The van der Waals surface area contributed by atoms with Crippen molar-refractivity contribution >= 4 is 27.3 Å². The van der Waals surface area contributed by atoms with Crippen LogP contribution in [-0.2, 0) is 9.84 Å². The van der Waals surface area contributed by atoms with E-state index in [1.165, 1.54) is 23.4 Å². The quantitative estimate of drug-likeness (QED) is 0.866. The second-order valence-electron chi connectivity index (χ2n) is 4.63. The summed E-state index contributed by atoms with van der Waals surface area (Å²) in [6.07, 6.45) is 3.19. The Labute approximate surface area is 122 Å². The lowest BCUT2D eigenvalue weighted by Gasteiger charge is -2.27. The Balaban J connectivity index is 2.25. The van der Waals surface area contributed by atoms with Crippen LogP contribution in [0.2, 0.25) is 5.02 Å². The number of carbonyl (C=O) groups excluding carboxylic acids is 1. The van der Waals surface area contributed by atoms with E-state index in [2.05, 4.69) is 4.98 Å². The molecule has 0 bridgehead atoms. The highest BCUT2D eigenvalue weighted by Crippen LogP contribution is 2.22. The van der Waals surface area contributed by atoms with Crippen LogP contribution in [0.3, 0.4) is 0 Å². The van der Waals surface area contributed by atoms with E-state index in [1.807, 2.05) is 0 Å². The number of hydrogen-bond donors (Lipinski definition) is 1. The number of aromatic nitrogens is 1. The number of hydrogen-bond acceptors (Lipinski definition) is 5. The number of halogens is 1. The maximum Gasteiger partial charge on any atom is 0.255 e. The third-order valence-corrected chi connectivity index (χ3v) is 5.31. The van der Waals surface area contributed by atoms with Gasteiger partial charge in [-0.2, -0.15) is 0 Å². The smallest absolute Gasteiger partial charge is 0.255 e. The summed E-state index contributed by atoms with van der Waals surface area (Å²) in [5.41, 5.74) is 0.263. The maximum absolute atomic E-state index is 12.5. The Kier molecular flexibility index (Phi) is 4.62. The number of nitrogens with zero attached hydrogens (tertiary/aromatic N) is 2. The Hall–Kier alpha value is -1.18. The van der Waals surface area contributed by atoms with E-state index >= 15 is 0 Å². The molecule has 1 aliphatic rings. The van der Waals surface area contributed by atoms with Gasteiger partial charge in [0.25, 0.3) is 5.91 Å². The minimum absolute atomic E-state index is 0.0664. The highest BCUT2D eigenvalue weighted by Gasteiger charge is 2.35. The van der Waals surface area contributed by atoms with Crippen LogP contribution in [0.15, 0.2) is 18.5 Å². The van der Waals surface area contributed by atoms with Crippen molar-refractivity contribution in [2.45, 2.75) is 12.5 Å². The van der Waals surface area contributed by atoms with Crippen molar-refractivity contribution in [1.82, 2.24) is 9.88 Å². The molecular weight excluding hydrogens is 304 g/mol. The van der Waals surface area contributed by atoms with E-state index in [-0.39, 0.29) is 41.2 Å². The van der Waals surface area contributed by atoms with Crippen LogP contribution in [-0.4, -0.2) is 60.0 Å². The van der Waals surface area contributed by atoms with Crippen LogP contribution in [0.5, 0.6) is 0 Å². The van der Waals surface area contributed by atoms with E-state index in [4.69, 9.17) is 16.7 Å². The molecule has 8 heteroatoms. The van der Waals surface area contributed by atoms with Gasteiger partial charge in [0.15, 0.2) is 9.84 Å². The molecule has 1 saturated heterocycles. The van der Waals surface area contributed by atoms with E-state index in [1.54, 1.807) is 0 Å². The zero-order valence-corrected chi connectivity index (χ0v) is 12.3. The van der Waals surface area contributed by atoms with Crippen molar-refractivity contribution in [3.05, 3.63) is 29.0 Å². The Morgan fingerprint density at radius 2 is 2.30 bits per heavy atom. The first-order chi connectivity index (χ1) is 9.44. The Morgan fingerprint density at radius 1 is 1.55 bits per heavy atom. The lowest BCUT2D eigenvalue weighted by Crippen LogP contribution is -2.43. The van der Waals surface area contributed by atoms with Crippen LogP contribution >= 0.6 is 11.6 Å². The second kappa shape index (κ2) is 6.07. The van der Waals surface area contributed by atoms with Crippen LogP contribution in [0.4, 0.5) is 0 Å². The first-order valence-electron chi connectivity index (χ1n) is 6.16. The van der Waals surface area contributed by atoms with Crippen molar-refractivity contribution in [3.8, 4) is 0 Å². The zero-order chi connectivity index (χ0) is 14.8. The van der Waals surface area contributed by atoms with Crippen LogP contribution in [0.1, 0.15) is 16.8 Å². The maximum atomic E-state index is 12.5. The van der Waals surface area contributed by atoms with Gasteiger partial charge in [0.05, 0.1) is 28.7 Å². The molecule has 0 aliphatic carbocycles. The zero-order valence-electron chi connectivity index (χ0n) is 10.7. The Morgan fingerprint density at radius 3 is 2.85 bits per heavy atom. The molecule has 0 radical (unpaired) electrons. The molecule has 110 valence electrons. The summed E-state index contributed by atoms with van der Waals surface area (Å²) in [6, 6.07) is 1.07. The first kappa shape index (κ1) is 15.2. The van der Waals surface area contributed by atoms with E-state index in [0.29, 0.717) is 6.42 Å². The van der Waals surface area contributed by atoms with Gasteiger partial charge >= 0.3 is 0 Å². The molecular formula is C12H15ClN2O4S. The van der Waals surface area contributed by atoms with Crippen molar-refractivity contribution in [1.29, 1.82) is 0 Å². The monoisotopic (exact) mass is 318 g/mol. The number of carbonyl (C=O) groups is 1. The van der Waals surface area contributed by atoms with Crippen LogP contribution < -0.4 is 0 Å². The van der Waals surface area contributed by atoms with Gasteiger partial charge < -0.3 is 10.0 Å². The summed E-state index contributed by atoms with van der Waals surface area (Å²) >= 11 is 5.94. The molecule has 1 fully saturated rings. The molecule has 1 aliphatic heterocycles. The van der Waals surface area contributed by atoms with Gasteiger partial charge in [-0.05, 0) is 12.5 Å². The topological polar surface area (TPSA) is 87.6 Å². The van der Waals surface area contributed by atoms with Crippen LogP contribution in [0, 0.1) is 0 Å². The standard InChI is InChI=1S/C12H15ClN2O4S/c13-11-7-14-3-1-10(11)12(17)15(4-5-16)9-2-6-20(18,19)8-9/h1,3,7,9,16H,2,4-6,8H2. The number of aliphatic hydroxyl groups excluding tert-OH is 1. The van der Waals surface area contributed by atoms with E-state index < -0.39 is 15.9 Å². The number of rotatable bonds is 4. The minimum Gasteiger partial charge on any atom is -0.395 e. The first-order valence-corrected chi connectivity index (χ1v) is 8.36. The highest BCUT2D eigenvalue weighted by atomic mass is 35.5. The highest BCUT2D eigenvalue weighted by molar-refractivity contribution is 7.91. The molecule has 0 spiro atoms. The van der Waals surface area contributed by atoms with E-state index in [9.17, 15) is 13.2 Å². The van der Waals surface area contributed by atoms with Crippen molar-refractivity contribution < 1.29 is 18.3 Å². The molecule has 0 saturated carbocycles. The molecule has 2 heterocycles. The number of sulfone groups is 1. The molecule has 1 unspecified atom stereocenters. The second-order valence-corrected chi connectivity index (χ2v) is 7.27. The molecule has 20 heavy (non-hydrogen) atoms. The summed E-state index contributed by atoms with van der Waals surface area (Å²) in [7, 11) is -3.11. The fraction of sp³-hybridized carbons (Fsp3) is 0.500. The molecule has 1 atom stereocenters. The van der Waals surface area contributed by atoms with Gasteiger partial charge in [0.1, 0.15) is 0 Å². The van der Waals surface area contributed by atoms with Crippen molar-refractivity contribution in [2.75, 3.05) is 24.7 Å². The molecule has 0 aromatic carbocycles. The molecule has 1 amide bonds. The fourth-order valence-electron chi connectivity index (χ4n) is 2.28. The summed E-state index contributed by atoms with van der Waals surface area (Å²) in [6.45, 7) is -0.150. The third-order valence-electron chi connectivity index (χ3n) is 3.25. The summed E-state index contributed by atoms with van der Waals surface area (Å²) in [4.78, 5) is 17.6. The summed E-state index contributed by atoms with van der Waals surface area (Å²) < 4.78 is 23.1. The van der Waals surface area contributed by atoms with Gasteiger partial charge in [-0.1, -0.05) is 11.6 Å². The largest absolute Gasteiger partial charge is 0.395 e. The third kappa shape index (κ3) is 3.28. The van der Waals surface area contributed by atoms with Gasteiger partial charge in [-0.3, -0.25) is 9.78 Å². The van der Waals surface area contributed by atoms with Crippen LogP contribution in [0.25, 0.3) is 0 Å². The summed E-state index contributed by atoms with van der Waals surface area (Å²) in [5, 5.41) is 9.31. The number of pyridine rings is 1. The Bertz CT molecular complexity index is 605. The van der Waals surface area contributed by atoms with Crippen molar-refractivity contribution in [3.63, 3.8) is 0 Å². The lowest BCUT2D eigenvalue weighted by molar-refractivity contribution is 0.0655. The minimum atomic E-state index is -3.11. The molecule has 1 aromatic heterocycles. The predicted octanol–water partition coefficient (Wildman–Crippen LogP) is 0.357. The van der Waals surface area contributed by atoms with Gasteiger partial charge in [-0.25, -0.2) is 8.42 Å². The predicted molar refractivity (Wildman–Crippen MR) is 74.4 cm³/mol. The molecule has 6 nitrogen and oxygen atoms in total. The number of aliphatic hydroxyl groups is 1. The number of amides is 1. The van der Waals surface area contributed by atoms with Gasteiger partial charge in [0.2, 0.25) is 0 Å². The average Bonchev–Trinajstić information content (AvgIpc) is 2.76. The van der Waals surface area contributed by atoms with Gasteiger partial charge in [-0.15, -0.1) is 0 Å². The SMILES string of the molecule is O=C(c1ccncc1Cl)N(CCO)C1CCS(=O)(=O)C1. The van der Waals surface area contributed by atoms with Crippen molar-refractivity contribution in [2.24, 2.45) is 0 Å². The molecule has 2 rings (SSSR count). The fourth-order valence-corrected chi connectivity index (χ4v) is 4.21. The van der Waals surface area contributed by atoms with Gasteiger partial charge in [0, 0.05) is 25.0 Å². The normalized spacial score (nSPS) is 20.8. The lowest BCUT2D eigenvalue weighted by atomic mass is 10.1. The summed E-state index contributed by atoms with van der Waals surface area (Å²) in [5.74, 6) is -0.383. The van der Waals surface area contributed by atoms with E-state index in [0.717, 1.165) is 0 Å².